The van der Waals surface area contributed by atoms with Crippen LogP contribution in [0.15, 0.2) is 91.0 Å². The first-order chi connectivity index (χ1) is 14.2. The molecule has 0 bridgehead atoms. The fraction of sp³-hybridized carbons (Fsp3) is 0.120. The summed E-state index contributed by atoms with van der Waals surface area (Å²) in [4.78, 5) is 24.7. The number of amides is 1. The van der Waals surface area contributed by atoms with E-state index in [1.54, 1.807) is 12.1 Å². The highest BCUT2D eigenvalue weighted by Crippen LogP contribution is 2.19. The molecule has 0 heterocycles. The summed E-state index contributed by atoms with van der Waals surface area (Å²) in [5.41, 5.74) is 3.62. The monoisotopic (exact) mass is 385 g/mol. The molecule has 1 atom stereocenters. The lowest BCUT2D eigenvalue weighted by Crippen LogP contribution is -2.41. The molecule has 146 valence electrons. The van der Waals surface area contributed by atoms with E-state index in [-0.39, 0.29) is 5.91 Å². The molecule has 3 aromatic rings. The third-order valence-corrected chi connectivity index (χ3v) is 4.53. The Bertz CT molecular complexity index is 964. The standard InChI is InChI=1S/C25H23NO3/c1-29-25(28)23(14-8-11-19-9-4-2-5-10-19)26-24(27)22-17-15-21(16-18-22)20-12-6-3-7-13-20/h2-13,15-18,23H,14H2,1H3,(H,26,27)/b11-8+/t23-/m1/s1. The zero-order valence-corrected chi connectivity index (χ0v) is 16.2. The molecule has 0 saturated heterocycles. The molecule has 3 aromatic carbocycles. The molecule has 3 rings (SSSR count). The van der Waals surface area contributed by atoms with Crippen molar-refractivity contribution in [3.05, 3.63) is 102 Å². The summed E-state index contributed by atoms with van der Waals surface area (Å²) in [6.07, 6.45) is 4.11. The van der Waals surface area contributed by atoms with Crippen molar-refractivity contribution in [1.82, 2.24) is 5.32 Å². The second-order valence-electron chi connectivity index (χ2n) is 6.54. The van der Waals surface area contributed by atoms with Crippen molar-refractivity contribution in [3.8, 4) is 11.1 Å². The maximum Gasteiger partial charge on any atom is 0.328 e. The molecule has 1 amide bonds. The summed E-state index contributed by atoms with van der Waals surface area (Å²) in [6.45, 7) is 0. The van der Waals surface area contributed by atoms with E-state index in [0.717, 1.165) is 16.7 Å². The molecule has 0 aliphatic rings. The van der Waals surface area contributed by atoms with Gasteiger partial charge in [-0.15, -0.1) is 0 Å². The largest absolute Gasteiger partial charge is 0.467 e. The molecule has 4 heteroatoms. The Hall–Kier alpha value is -3.66. The first-order valence-corrected chi connectivity index (χ1v) is 9.43. The smallest absolute Gasteiger partial charge is 0.328 e. The van der Waals surface area contributed by atoms with Gasteiger partial charge in [0.15, 0.2) is 0 Å². The van der Waals surface area contributed by atoms with Crippen molar-refractivity contribution in [3.63, 3.8) is 0 Å². The lowest BCUT2D eigenvalue weighted by molar-refractivity contribution is -0.142. The summed E-state index contributed by atoms with van der Waals surface area (Å²) >= 11 is 0. The molecule has 4 nitrogen and oxygen atoms in total. The second-order valence-corrected chi connectivity index (χ2v) is 6.54. The normalized spacial score (nSPS) is 11.8. The number of benzene rings is 3. The molecule has 0 aliphatic carbocycles. The minimum atomic E-state index is -0.749. The van der Waals surface area contributed by atoms with Crippen LogP contribution in [-0.4, -0.2) is 25.0 Å². The zero-order valence-electron chi connectivity index (χ0n) is 16.2. The van der Waals surface area contributed by atoms with Gasteiger partial charge >= 0.3 is 5.97 Å². The number of hydrogen-bond acceptors (Lipinski definition) is 3. The number of nitrogens with one attached hydrogen (secondary N) is 1. The summed E-state index contributed by atoms with van der Waals surface area (Å²) in [5, 5.41) is 2.76. The number of carbonyl (C=O) groups excluding carboxylic acids is 2. The van der Waals surface area contributed by atoms with Crippen molar-refractivity contribution < 1.29 is 14.3 Å². The van der Waals surface area contributed by atoms with Gasteiger partial charge in [-0.25, -0.2) is 4.79 Å². The van der Waals surface area contributed by atoms with E-state index in [1.807, 2.05) is 84.9 Å². The van der Waals surface area contributed by atoms with Gasteiger partial charge in [-0.3, -0.25) is 4.79 Å². The fourth-order valence-corrected chi connectivity index (χ4v) is 2.95. The van der Waals surface area contributed by atoms with Crippen molar-refractivity contribution in [2.45, 2.75) is 12.5 Å². The van der Waals surface area contributed by atoms with Crippen molar-refractivity contribution >= 4 is 18.0 Å². The number of carbonyl (C=O) groups is 2. The SMILES string of the molecule is COC(=O)[C@@H](C/C=C/c1ccccc1)NC(=O)c1ccc(-c2ccccc2)cc1. The molecule has 0 fully saturated rings. The number of methoxy groups -OCH3 is 1. The zero-order chi connectivity index (χ0) is 20.5. The number of esters is 1. The fourth-order valence-electron chi connectivity index (χ4n) is 2.95. The van der Waals surface area contributed by atoms with Gasteiger partial charge in [0.1, 0.15) is 6.04 Å². The maximum absolute atomic E-state index is 12.6. The van der Waals surface area contributed by atoms with Gasteiger partial charge in [-0.1, -0.05) is 84.9 Å². The molecular formula is C25H23NO3. The Morgan fingerprint density at radius 3 is 2.07 bits per heavy atom. The molecule has 29 heavy (non-hydrogen) atoms. The van der Waals surface area contributed by atoms with Gasteiger partial charge in [0, 0.05) is 5.56 Å². The predicted octanol–water partition coefficient (Wildman–Crippen LogP) is 4.73. The topological polar surface area (TPSA) is 55.4 Å². The third kappa shape index (κ3) is 5.66. The molecule has 0 saturated carbocycles. The van der Waals surface area contributed by atoms with Gasteiger partial charge in [-0.2, -0.15) is 0 Å². The molecular weight excluding hydrogens is 362 g/mol. The molecule has 0 radical (unpaired) electrons. The van der Waals surface area contributed by atoms with Crippen LogP contribution in [0.3, 0.4) is 0 Å². The quantitative estimate of drug-likeness (QED) is 0.598. The van der Waals surface area contributed by atoms with Crippen molar-refractivity contribution in [2.75, 3.05) is 7.11 Å². The van der Waals surface area contributed by atoms with Crippen LogP contribution in [0, 0.1) is 0 Å². The Labute approximate surface area is 170 Å². The van der Waals surface area contributed by atoms with E-state index >= 15 is 0 Å². The van der Waals surface area contributed by atoms with Crippen LogP contribution >= 0.6 is 0 Å². The Morgan fingerprint density at radius 1 is 0.862 bits per heavy atom. The maximum atomic E-state index is 12.6. The van der Waals surface area contributed by atoms with Gasteiger partial charge in [0.05, 0.1) is 7.11 Å². The predicted molar refractivity (Wildman–Crippen MR) is 115 cm³/mol. The molecule has 1 N–H and O–H groups in total. The Kier molecular flexibility index (Phi) is 6.95. The van der Waals surface area contributed by atoms with E-state index in [2.05, 4.69) is 5.32 Å². The van der Waals surface area contributed by atoms with Crippen LogP contribution in [0.2, 0.25) is 0 Å². The number of ether oxygens (including phenoxy) is 1. The first kappa shape index (κ1) is 20.1. The van der Waals surface area contributed by atoms with E-state index < -0.39 is 12.0 Å². The van der Waals surface area contributed by atoms with Crippen LogP contribution in [0.1, 0.15) is 22.3 Å². The van der Waals surface area contributed by atoms with Crippen molar-refractivity contribution in [1.29, 1.82) is 0 Å². The van der Waals surface area contributed by atoms with Gasteiger partial charge < -0.3 is 10.1 Å². The second kappa shape index (κ2) is 10.0. The lowest BCUT2D eigenvalue weighted by Gasteiger charge is -2.15. The van der Waals surface area contributed by atoms with Gasteiger partial charge in [-0.05, 0) is 35.2 Å². The van der Waals surface area contributed by atoms with Crippen LogP contribution in [0.5, 0.6) is 0 Å². The number of hydrogen-bond donors (Lipinski definition) is 1. The first-order valence-electron chi connectivity index (χ1n) is 9.43. The number of rotatable bonds is 7. The van der Waals surface area contributed by atoms with Gasteiger partial charge in [0.25, 0.3) is 5.91 Å². The van der Waals surface area contributed by atoms with Crippen LogP contribution in [-0.2, 0) is 9.53 Å². The lowest BCUT2D eigenvalue weighted by atomic mass is 10.0. The molecule has 0 unspecified atom stereocenters. The summed E-state index contributed by atoms with van der Waals surface area (Å²) < 4.78 is 4.84. The Morgan fingerprint density at radius 2 is 1.45 bits per heavy atom. The van der Waals surface area contributed by atoms with Crippen LogP contribution in [0.4, 0.5) is 0 Å². The summed E-state index contributed by atoms with van der Waals surface area (Å²) in [6, 6.07) is 26.3. The minimum absolute atomic E-state index is 0.312. The van der Waals surface area contributed by atoms with Crippen LogP contribution < -0.4 is 5.32 Å². The van der Waals surface area contributed by atoms with Gasteiger partial charge in [0.2, 0.25) is 0 Å². The average Bonchev–Trinajstić information content (AvgIpc) is 2.79. The average molecular weight is 385 g/mol. The molecule has 0 spiro atoms. The molecule has 0 aliphatic heterocycles. The van der Waals surface area contributed by atoms with E-state index in [4.69, 9.17) is 4.74 Å². The summed E-state index contributed by atoms with van der Waals surface area (Å²) in [7, 11) is 1.32. The minimum Gasteiger partial charge on any atom is -0.467 e. The van der Waals surface area contributed by atoms with E-state index in [0.29, 0.717) is 12.0 Å². The Balaban J connectivity index is 1.66. The highest BCUT2D eigenvalue weighted by Gasteiger charge is 2.20. The van der Waals surface area contributed by atoms with E-state index in [1.165, 1.54) is 7.11 Å². The van der Waals surface area contributed by atoms with E-state index in [9.17, 15) is 9.59 Å². The van der Waals surface area contributed by atoms with Crippen molar-refractivity contribution in [2.24, 2.45) is 0 Å². The highest BCUT2D eigenvalue weighted by molar-refractivity contribution is 5.97. The molecule has 0 aromatic heterocycles. The van der Waals surface area contributed by atoms with Crippen LogP contribution in [0.25, 0.3) is 17.2 Å². The summed E-state index contributed by atoms with van der Waals surface area (Å²) in [5.74, 6) is -0.787. The highest BCUT2D eigenvalue weighted by atomic mass is 16.5. The third-order valence-electron chi connectivity index (χ3n) is 4.53.